The molecule has 1 aromatic rings. The van der Waals surface area contributed by atoms with E-state index in [1.165, 1.54) is 28.1 Å². The van der Waals surface area contributed by atoms with Crippen LogP contribution < -0.4 is 0 Å². The van der Waals surface area contributed by atoms with Gasteiger partial charge in [0.15, 0.2) is 5.71 Å². The topological polar surface area (TPSA) is 3.01 Å². The molecule has 0 N–H and O–H groups in total. The third-order valence-corrected chi connectivity index (χ3v) is 3.86. The van der Waals surface area contributed by atoms with E-state index in [1.54, 1.807) is 0 Å². The minimum atomic E-state index is 0.181. The van der Waals surface area contributed by atoms with Crippen LogP contribution in [-0.4, -0.2) is 17.3 Å². The van der Waals surface area contributed by atoms with Crippen LogP contribution in [0.2, 0.25) is 0 Å². The van der Waals surface area contributed by atoms with Gasteiger partial charge in [-0.05, 0) is 39.8 Å². The minimum absolute atomic E-state index is 0.181. The zero-order valence-corrected chi connectivity index (χ0v) is 10.6. The normalized spacial score (nSPS) is 18.3. The molecule has 2 rings (SSSR count). The first-order chi connectivity index (χ1) is 6.85. The van der Waals surface area contributed by atoms with Gasteiger partial charge in [-0.2, -0.15) is 0 Å². The Morgan fingerprint density at radius 3 is 2.27 bits per heavy atom. The van der Waals surface area contributed by atoms with Crippen LogP contribution in [0.5, 0.6) is 0 Å². The highest BCUT2D eigenvalue weighted by molar-refractivity contribution is 5.93. The van der Waals surface area contributed by atoms with E-state index in [2.05, 4.69) is 58.4 Å². The molecule has 1 aliphatic heterocycles. The van der Waals surface area contributed by atoms with Crippen molar-refractivity contribution in [2.24, 2.45) is 0 Å². The number of rotatable bonds is 0. The molecule has 0 saturated heterocycles. The molecule has 0 bridgehead atoms. The Morgan fingerprint density at radius 2 is 1.67 bits per heavy atom. The summed E-state index contributed by atoms with van der Waals surface area (Å²) in [6.07, 6.45) is 0. The fraction of sp³-hybridized carbons (Fsp3) is 0.500. The Kier molecular flexibility index (Phi) is 2.04. The van der Waals surface area contributed by atoms with Gasteiger partial charge in [-0.1, -0.05) is 5.56 Å². The molecule has 1 aromatic carbocycles. The summed E-state index contributed by atoms with van der Waals surface area (Å²) in [6, 6.07) is 4.60. The lowest BCUT2D eigenvalue weighted by atomic mass is 9.81. The molecule has 80 valence electrons. The molecule has 1 heterocycles. The maximum atomic E-state index is 2.34. The second-order valence-corrected chi connectivity index (χ2v) is 5.25. The van der Waals surface area contributed by atoms with Gasteiger partial charge >= 0.3 is 0 Å². The summed E-state index contributed by atoms with van der Waals surface area (Å²) in [7, 11) is 2.17. The predicted octanol–water partition coefficient (Wildman–Crippen LogP) is 3.33. The van der Waals surface area contributed by atoms with Gasteiger partial charge in [-0.25, -0.2) is 4.58 Å². The standard InChI is InChI=1S/C14H20N/c1-9-7-10(2)13-12(8-9)14(4,5)11(3)15(13)6/h7-8H,1-6H3/q+1. The first-order valence-electron chi connectivity index (χ1n) is 5.55. The number of aryl methyl sites for hydroxylation is 2. The maximum Gasteiger partial charge on any atom is 0.212 e. The van der Waals surface area contributed by atoms with Crippen LogP contribution >= 0.6 is 0 Å². The molecular formula is C14H20N+. The van der Waals surface area contributed by atoms with E-state index in [-0.39, 0.29) is 5.41 Å². The summed E-state index contributed by atoms with van der Waals surface area (Å²) in [5.74, 6) is 0. The fourth-order valence-corrected chi connectivity index (χ4v) is 2.66. The fourth-order valence-electron chi connectivity index (χ4n) is 2.66. The molecule has 0 saturated carbocycles. The molecule has 0 spiro atoms. The lowest BCUT2D eigenvalue weighted by Gasteiger charge is -2.15. The van der Waals surface area contributed by atoms with Crippen molar-refractivity contribution >= 4 is 11.4 Å². The average molecular weight is 202 g/mol. The number of benzene rings is 1. The zero-order valence-electron chi connectivity index (χ0n) is 10.6. The Morgan fingerprint density at radius 1 is 1.07 bits per heavy atom. The Hall–Kier alpha value is -1.11. The Balaban J connectivity index is 2.81. The summed E-state index contributed by atoms with van der Waals surface area (Å²) < 4.78 is 2.34. The van der Waals surface area contributed by atoms with E-state index in [0.29, 0.717) is 0 Å². The van der Waals surface area contributed by atoms with Gasteiger partial charge in [0, 0.05) is 18.1 Å². The van der Waals surface area contributed by atoms with Crippen LogP contribution in [-0.2, 0) is 5.41 Å². The molecule has 0 amide bonds. The first-order valence-corrected chi connectivity index (χ1v) is 5.55. The summed E-state index contributed by atoms with van der Waals surface area (Å²) in [4.78, 5) is 0. The molecule has 0 atom stereocenters. The molecule has 0 radical (unpaired) electrons. The minimum Gasteiger partial charge on any atom is -0.202 e. The highest BCUT2D eigenvalue weighted by atomic mass is 15.0. The van der Waals surface area contributed by atoms with Crippen molar-refractivity contribution in [3.63, 3.8) is 0 Å². The predicted molar refractivity (Wildman–Crippen MR) is 65.5 cm³/mol. The van der Waals surface area contributed by atoms with Crippen molar-refractivity contribution in [3.8, 4) is 0 Å². The van der Waals surface area contributed by atoms with E-state index in [4.69, 9.17) is 0 Å². The quantitative estimate of drug-likeness (QED) is 0.568. The number of hydrogen-bond acceptors (Lipinski definition) is 0. The third-order valence-electron chi connectivity index (χ3n) is 3.86. The molecule has 0 unspecified atom stereocenters. The lowest BCUT2D eigenvalue weighted by Crippen LogP contribution is -2.25. The van der Waals surface area contributed by atoms with Crippen LogP contribution in [0.1, 0.15) is 37.5 Å². The van der Waals surface area contributed by atoms with Gasteiger partial charge < -0.3 is 0 Å². The van der Waals surface area contributed by atoms with E-state index in [0.717, 1.165) is 0 Å². The molecule has 0 aromatic heterocycles. The first kappa shape index (κ1) is 10.4. The second kappa shape index (κ2) is 2.94. The van der Waals surface area contributed by atoms with E-state index >= 15 is 0 Å². The monoisotopic (exact) mass is 202 g/mol. The van der Waals surface area contributed by atoms with Crippen LogP contribution in [0.15, 0.2) is 12.1 Å². The number of hydrogen-bond donors (Lipinski definition) is 0. The van der Waals surface area contributed by atoms with Crippen LogP contribution in [0.4, 0.5) is 5.69 Å². The van der Waals surface area contributed by atoms with Gasteiger partial charge in [0.25, 0.3) is 0 Å². The van der Waals surface area contributed by atoms with Crippen molar-refractivity contribution < 1.29 is 4.58 Å². The second-order valence-electron chi connectivity index (χ2n) is 5.25. The third kappa shape index (κ3) is 1.26. The summed E-state index contributed by atoms with van der Waals surface area (Å²) >= 11 is 0. The van der Waals surface area contributed by atoms with Gasteiger partial charge in [-0.3, -0.25) is 0 Å². The molecule has 0 fully saturated rings. The van der Waals surface area contributed by atoms with Gasteiger partial charge in [-0.15, -0.1) is 0 Å². The Labute approximate surface area is 92.5 Å². The average Bonchev–Trinajstić information content (AvgIpc) is 2.28. The largest absolute Gasteiger partial charge is 0.212 e. The van der Waals surface area contributed by atoms with E-state index in [9.17, 15) is 0 Å². The van der Waals surface area contributed by atoms with Gasteiger partial charge in [0.2, 0.25) is 5.69 Å². The van der Waals surface area contributed by atoms with E-state index < -0.39 is 0 Å². The summed E-state index contributed by atoms with van der Waals surface area (Å²) in [5, 5.41) is 0. The van der Waals surface area contributed by atoms with Crippen LogP contribution in [0.3, 0.4) is 0 Å². The summed E-state index contributed by atoms with van der Waals surface area (Å²) in [6.45, 7) is 11.2. The van der Waals surface area contributed by atoms with Gasteiger partial charge in [0.1, 0.15) is 7.05 Å². The lowest BCUT2D eigenvalue weighted by molar-refractivity contribution is -0.403. The van der Waals surface area contributed by atoms with Crippen LogP contribution in [0, 0.1) is 13.8 Å². The van der Waals surface area contributed by atoms with Crippen molar-refractivity contribution in [2.75, 3.05) is 7.05 Å². The molecule has 0 aliphatic carbocycles. The van der Waals surface area contributed by atoms with E-state index in [1.807, 2.05) is 0 Å². The van der Waals surface area contributed by atoms with Crippen molar-refractivity contribution in [2.45, 2.75) is 40.0 Å². The van der Waals surface area contributed by atoms with Gasteiger partial charge in [0.05, 0.1) is 5.41 Å². The molecule has 1 nitrogen and oxygen atoms in total. The summed E-state index contributed by atoms with van der Waals surface area (Å²) in [5.41, 5.74) is 7.25. The molecule has 15 heavy (non-hydrogen) atoms. The smallest absolute Gasteiger partial charge is 0.202 e. The zero-order chi connectivity index (χ0) is 11.4. The highest BCUT2D eigenvalue weighted by Crippen LogP contribution is 2.41. The highest BCUT2D eigenvalue weighted by Gasteiger charge is 2.42. The molecular weight excluding hydrogens is 182 g/mol. The van der Waals surface area contributed by atoms with Crippen molar-refractivity contribution in [3.05, 3.63) is 28.8 Å². The van der Waals surface area contributed by atoms with Crippen molar-refractivity contribution in [1.29, 1.82) is 0 Å². The van der Waals surface area contributed by atoms with Crippen LogP contribution in [0.25, 0.3) is 0 Å². The number of nitrogens with zero attached hydrogens (tertiary/aromatic N) is 1. The number of fused-ring (bicyclic) bond motifs is 1. The SMILES string of the molecule is CC1=[N+](C)c2c(C)cc(C)cc2C1(C)C. The molecule has 1 heteroatoms. The van der Waals surface area contributed by atoms with Crippen molar-refractivity contribution in [1.82, 2.24) is 0 Å². The maximum absolute atomic E-state index is 2.34. The Bertz CT molecular complexity index is 464. The molecule has 1 aliphatic rings.